The first kappa shape index (κ1) is 10.4. The van der Waals surface area contributed by atoms with Crippen molar-refractivity contribution < 1.29 is 13.2 Å². The Morgan fingerprint density at radius 2 is 2.13 bits per heavy atom. The highest BCUT2D eigenvalue weighted by atomic mass is 19.4. The maximum absolute atomic E-state index is 12.2. The van der Waals surface area contributed by atoms with Crippen molar-refractivity contribution in [3.8, 4) is 0 Å². The molecule has 1 aliphatic carbocycles. The Balaban J connectivity index is 2.12. The first-order valence-corrected chi connectivity index (χ1v) is 4.75. The van der Waals surface area contributed by atoms with Gasteiger partial charge in [-0.05, 0) is 36.4 Å². The smallest absolute Gasteiger partial charge is 0.330 e. The van der Waals surface area contributed by atoms with Gasteiger partial charge in [0.15, 0.2) is 0 Å². The van der Waals surface area contributed by atoms with E-state index in [0.717, 1.165) is 18.1 Å². The quantitative estimate of drug-likeness (QED) is 0.822. The maximum Gasteiger partial charge on any atom is 0.433 e. The molecule has 2 N–H and O–H groups in total. The minimum atomic E-state index is -4.35. The van der Waals surface area contributed by atoms with Crippen LogP contribution in [0.25, 0.3) is 0 Å². The van der Waals surface area contributed by atoms with Crippen LogP contribution in [0.2, 0.25) is 0 Å². The Bertz CT molecular complexity index is 345. The molecule has 2 nitrogen and oxygen atoms in total. The van der Waals surface area contributed by atoms with Crippen LogP contribution in [0, 0.1) is 5.92 Å². The minimum absolute atomic E-state index is 0.310. The summed E-state index contributed by atoms with van der Waals surface area (Å²) in [6.45, 7) is 0.589. The molecule has 0 aliphatic heterocycles. The predicted molar refractivity (Wildman–Crippen MR) is 49.1 cm³/mol. The summed E-state index contributed by atoms with van der Waals surface area (Å²) >= 11 is 0. The zero-order valence-electron chi connectivity index (χ0n) is 7.96. The highest BCUT2D eigenvalue weighted by Gasteiger charge is 2.38. The van der Waals surface area contributed by atoms with Crippen molar-refractivity contribution in [1.29, 1.82) is 0 Å². The molecule has 1 aromatic rings. The summed E-state index contributed by atoms with van der Waals surface area (Å²) in [5, 5.41) is 0. The highest BCUT2D eigenvalue weighted by Crippen LogP contribution is 2.46. The number of nitrogens with two attached hydrogens (primary N) is 1. The molecule has 1 aromatic heterocycles. The van der Waals surface area contributed by atoms with Crippen LogP contribution in [-0.4, -0.2) is 11.5 Å². The van der Waals surface area contributed by atoms with Crippen molar-refractivity contribution >= 4 is 0 Å². The number of hydrogen-bond donors (Lipinski definition) is 1. The SMILES string of the molecule is NCC1CC1c1ccc(C(F)(F)F)nc1. The molecule has 1 fully saturated rings. The molecule has 82 valence electrons. The van der Waals surface area contributed by atoms with Gasteiger partial charge >= 0.3 is 6.18 Å². The Labute approximate surface area is 85.3 Å². The molecule has 0 aromatic carbocycles. The third-order valence-electron chi connectivity index (χ3n) is 2.73. The molecular weight excluding hydrogens is 205 g/mol. The van der Waals surface area contributed by atoms with Crippen LogP contribution in [0.15, 0.2) is 18.3 Å². The molecule has 0 radical (unpaired) electrons. The van der Waals surface area contributed by atoms with Crippen molar-refractivity contribution in [3.63, 3.8) is 0 Å². The third-order valence-corrected chi connectivity index (χ3v) is 2.73. The molecule has 2 atom stereocenters. The Hall–Kier alpha value is -1.10. The molecule has 0 saturated heterocycles. The molecule has 1 aliphatic rings. The van der Waals surface area contributed by atoms with Crippen LogP contribution >= 0.6 is 0 Å². The molecule has 2 unspecified atom stereocenters. The lowest BCUT2D eigenvalue weighted by molar-refractivity contribution is -0.141. The summed E-state index contributed by atoms with van der Waals surface area (Å²) in [6, 6.07) is 2.53. The summed E-state index contributed by atoms with van der Waals surface area (Å²) in [7, 11) is 0. The molecule has 0 amide bonds. The molecule has 5 heteroatoms. The number of nitrogens with zero attached hydrogens (tertiary/aromatic N) is 1. The largest absolute Gasteiger partial charge is 0.433 e. The summed E-state index contributed by atoms with van der Waals surface area (Å²) in [5.41, 5.74) is 5.48. The van der Waals surface area contributed by atoms with E-state index in [9.17, 15) is 13.2 Å². The van der Waals surface area contributed by atoms with Crippen molar-refractivity contribution in [1.82, 2.24) is 4.98 Å². The molecule has 0 bridgehead atoms. The zero-order valence-corrected chi connectivity index (χ0v) is 7.96. The minimum Gasteiger partial charge on any atom is -0.330 e. The number of hydrogen-bond acceptors (Lipinski definition) is 2. The number of aromatic nitrogens is 1. The summed E-state index contributed by atoms with van der Waals surface area (Å²) in [5.74, 6) is 0.730. The fraction of sp³-hybridized carbons (Fsp3) is 0.500. The van der Waals surface area contributed by atoms with Crippen molar-refractivity contribution in [3.05, 3.63) is 29.6 Å². The predicted octanol–water partition coefficient (Wildman–Crippen LogP) is 2.16. The molecule has 2 rings (SSSR count). The highest BCUT2D eigenvalue weighted by molar-refractivity contribution is 5.25. The van der Waals surface area contributed by atoms with Crippen LogP contribution in [-0.2, 0) is 6.18 Å². The van der Waals surface area contributed by atoms with E-state index in [1.807, 2.05) is 0 Å². The topological polar surface area (TPSA) is 38.9 Å². The van der Waals surface area contributed by atoms with E-state index in [0.29, 0.717) is 18.4 Å². The van der Waals surface area contributed by atoms with E-state index in [-0.39, 0.29) is 0 Å². The van der Waals surface area contributed by atoms with E-state index >= 15 is 0 Å². The van der Waals surface area contributed by atoms with Gasteiger partial charge in [0.1, 0.15) is 5.69 Å². The Morgan fingerprint density at radius 1 is 1.40 bits per heavy atom. The Kier molecular flexibility index (Phi) is 2.42. The van der Waals surface area contributed by atoms with E-state index < -0.39 is 11.9 Å². The second-order valence-electron chi connectivity index (χ2n) is 3.81. The molecule has 1 heterocycles. The number of rotatable bonds is 2. The zero-order chi connectivity index (χ0) is 11.1. The second kappa shape index (κ2) is 3.48. The number of pyridine rings is 1. The van der Waals surface area contributed by atoms with Gasteiger partial charge in [0.2, 0.25) is 0 Å². The number of alkyl halides is 3. The fourth-order valence-corrected chi connectivity index (χ4v) is 1.71. The summed E-state index contributed by atoms with van der Waals surface area (Å²) in [4.78, 5) is 3.41. The normalized spacial score (nSPS) is 25.3. The lowest BCUT2D eigenvalue weighted by atomic mass is 10.1. The van der Waals surface area contributed by atoms with Crippen LogP contribution in [0.1, 0.15) is 23.6 Å². The lowest BCUT2D eigenvalue weighted by Crippen LogP contribution is -2.08. The molecular formula is C10H11F3N2. The van der Waals surface area contributed by atoms with Gasteiger partial charge in [0.05, 0.1) is 0 Å². The van der Waals surface area contributed by atoms with Crippen molar-refractivity contribution in [2.24, 2.45) is 11.7 Å². The van der Waals surface area contributed by atoms with E-state index in [2.05, 4.69) is 4.98 Å². The van der Waals surface area contributed by atoms with Crippen molar-refractivity contribution in [2.75, 3.05) is 6.54 Å². The van der Waals surface area contributed by atoms with Crippen LogP contribution in [0.3, 0.4) is 0 Å². The van der Waals surface area contributed by atoms with Gasteiger partial charge < -0.3 is 5.73 Å². The second-order valence-corrected chi connectivity index (χ2v) is 3.81. The average Bonchev–Trinajstić information content (AvgIpc) is 2.95. The van der Waals surface area contributed by atoms with Gasteiger partial charge in [-0.1, -0.05) is 6.07 Å². The van der Waals surface area contributed by atoms with Gasteiger partial charge in [0.25, 0.3) is 0 Å². The van der Waals surface area contributed by atoms with Gasteiger partial charge in [-0.3, -0.25) is 4.98 Å². The van der Waals surface area contributed by atoms with Gasteiger partial charge in [0, 0.05) is 6.20 Å². The van der Waals surface area contributed by atoms with Crippen LogP contribution in [0.4, 0.5) is 13.2 Å². The van der Waals surface area contributed by atoms with Gasteiger partial charge in [-0.15, -0.1) is 0 Å². The fourth-order valence-electron chi connectivity index (χ4n) is 1.71. The molecule has 15 heavy (non-hydrogen) atoms. The standard InChI is InChI=1S/C10H11F3N2/c11-10(12,13)9-2-1-6(5-15-9)8-3-7(8)4-14/h1-2,5,7-8H,3-4,14H2. The first-order valence-electron chi connectivity index (χ1n) is 4.75. The first-order chi connectivity index (χ1) is 7.02. The van der Waals surface area contributed by atoms with Crippen LogP contribution in [0.5, 0.6) is 0 Å². The van der Waals surface area contributed by atoms with Gasteiger partial charge in [-0.2, -0.15) is 13.2 Å². The molecule has 0 spiro atoms. The Morgan fingerprint density at radius 3 is 2.53 bits per heavy atom. The summed E-state index contributed by atoms with van der Waals surface area (Å²) in [6.07, 6.45) is -2.08. The van der Waals surface area contributed by atoms with Gasteiger partial charge in [-0.25, -0.2) is 0 Å². The maximum atomic E-state index is 12.2. The third kappa shape index (κ3) is 2.12. The van der Waals surface area contributed by atoms with Crippen LogP contribution < -0.4 is 5.73 Å². The monoisotopic (exact) mass is 216 g/mol. The summed E-state index contributed by atoms with van der Waals surface area (Å²) < 4.78 is 36.6. The number of halogens is 3. The lowest BCUT2D eigenvalue weighted by Gasteiger charge is -2.06. The molecule has 1 saturated carbocycles. The average molecular weight is 216 g/mol. The van der Waals surface area contributed by atoms with E-state index in [1.165, 1.54) is 12.3 Å². The van der Waals surface area contributed by atoms with E-state index in [1.54, 1.807) is 0 Å². The van der Waals surface area contributed by atoms with Crippen molar-refractivity contribution in [2.45, 2.75) is 18.5 Å². The van der Waals surface area contributed by atoms with E-state index in [4.69, 9.17) is 5.73 Å².